The minimum absolute atomic E-state index is 0.0959. The van der Waals surface area contributed by atoms with Crippen LogP contribution in [0.3, 0.4) is 0 Å². The van der Waals surface area contributed by atoms with Gasteiger partial charge in [-0.05, 0) is 25.0 Å². The molecule has 1 heterocycles. The monoisotopic (exact) mass is 251 g/mol. The molecule has 104 valence electrons. The van der Waals surface area contributed by atoms with Crippen LogP contribution in [0.4, 0.5) is 0 Å². The zero-order chi connectivity index (χ0) is 13.8. The van der Waals surface area contributed by atoms with Gasteiger partial charge in [-0.15, -0.1) is 0 Å². The lowest BCUT2D eigenvalue weighted by Gasteiger charge is -2.14. The third kappa shape index (κ3) is 8.38. The standard InChI is InChI=1S/C17H30O/c1-2-3-4-5-6-7-8-9-10-11-14-17-15-12-13-16-18-17/h12-13,15-17H,2-11,14H2,1H3/i10D. The van der Waals surface area contributed by atoms with E-state index in [1.54, 1.807) is 6.26 Å². The smallest absolute Gasteiger partial charge is 0.116 e. The zero-order valence-corrected chi connectivity index (χ0v) is 11.9. The summed E-state index contributed by atoms with van der Waals surface area (Å²) in [5, 5.41) is 0. The van der Waals surface area contributed by atoms with Crippen LogP contribution in [-0.2, 0) is 4.74 Å². The van der Waals surface area contributed by atoms with E-state index >= 15 is 0 Å². The van der Waals surface area contributed by atoms with E-state index in [0.29, 0.717) is 0 Å². The fraction of sp³-hybridized carbons (Fsp3) is 0.765. The Balaban J connectivity index is 1.89. The molecule has 2 unspecified atom stereocenters. The van der Waals surface area contributed by atoms with Crippen LogP contribution in [0.15, 0.2) is 24.5 Å². The molecule has 1 aliphatic heterocycles. The Hall–Kier alpha value is -0.720. The van der Waals surface area contributed by atoms with Gasteiger partial charge in [0.2, 0.25) is 0 Å². The first-order chi connectivity index (χ1) is 9.33. The molecule has 0 aromatic rings. The first kappa shape index (κ1) is 13.7. The number of allylic oxidation sites excluding steroid dienone is 2. The molecule has 1 heteroatoms. The largest absolute Gasteiger partial charge is 0.494 e. The molecule has 0 spiro atoms. The van der Waals surface area contributed by atoms with Crippen molar-refractivity contribution in [3.63, 3.8) is 0 Å². The Labute approximate surface area is 115 Å². The highest BCUT2D eigenvalue weighted by Gasteiger charge is 2.04. The molecule has 0 aromatic carbocycles. The zero-order valence-electron chi connectivity index (χ0n) is 12.9. The number of ether oxygens (including phenoxy) is 1. The predicted octanol–water partition coefficient (Wildman–Crippen LogP) is 5.77. The molecule has 1 aliphatic rings. The third-order valence-electron chi connectivity index (χ3n) is 3.44. The second-order valence-electron chi connectivity index (χ2n) is 5.16. The minimum Gasteiger partial charge on any atom is -0.494 e. The van der Waals surface area contributed by atoms with Gasteiger partial charge < -0.3 is 4.74 Å². The summed E-state index contributed by atoms with van der Waals surface area (Å²) in [5.74, 6) is 0. The molecule has 0 saturated carbocycles. The molecule has 0 N–H and O–H groups in total. The minimum atomic E-state index is 0.0959. The van der Waals surface area contributed by atoms with E-state index < -0.39 is 0 Å². The fourth-order valence-electron chi connectivity index (χ4n) is 2.26. The van der Waals surface area contributed by atoms with Crippen LogP contribution in [0.25, 0.3) is 0 Å². The highest BCUT2D eigenvalue weighted by molar-refractivity contribution is 5.07. The summed E-state index contributed by atoms with van der Waals surface area (Å²) in [6.45, 7) is 2.26. The van der Waals surface area contributed by atoms with Crippen molar-refractivity contribution >= 4 is 0 Å². The molecule has 18 heavy (non-hydrogen) atoms. The average molecular weight is 251 g/mol. The van der Waals surface area contributed by atoms with E-state index in [1.165, 1.54) is 44.9 Å². The van der Waals surface area contributed by atoms with E-state index in [-0.39, 0.29) is 12.5 Å². The van der Waals surface area contributed by atoms with Gasteiger partial charge in [-0.3, -0.25) is 0 Å². The molecule has 0 fully saturated rings. The van der Waals surface area contributed by atoms with Crippen molar-refractivity contribution < 1.29 is 6.11 Å². The topological polar surface area (TPSA) is 9.23 Å². The van der Waals surface area contributed by atoms with Gasteiger partial charge in [-0.25, -0.2) is 0 Å². The van der Waals surface area contributed by atoms with Crippen LogP contribution < -0.4 is 0 Å². The number of hydrogen-bond donors (Lipinski definition) is 0. The van der Waals surface area contributed by atoms with E-state index in [0.717, 1.165) is 19.3 Å². The highest BCUT2D eigenvalue weighted by Crippen LogP contribution is 2.14. The van der Waals surface area contributed by atoms with Gasteiger partial charge in [-0.2, -0.15) is 0 Å². The van der Waals surface area contributed by atoms with Gasteiger partial charge in [0.05, 0.1) is 6.26 Å². The summed E-state index contributed by atoms with van der Waals surface area (Å²) >= 11 is 0. The summed E-state index contributed by atoms with van der Waals surface area (Å²) in [4.78, 5) is 0. The SMILES string of the molecule is [2H]C(CCCCCCCCC)CCC1C=CC=CO1. The van der Waals surface area contributed by atoms with Crippen LogP contribution in [0, 0.1) is 0 Å². The second-order valence-corrected chi connectivity index (χ2v) is 5.16. The first-order valence-electron chi connectivity index (χ1n) is 8.31. The van der Waals surface area contributed by atoms with Gasteiger partial charge in [0.1, 0.15) is 6.10 Å². The molecule has 1 rings (SSSR count). The van der Waals surface area contributed by atoms with Gasteiger partial charge in [0, 0.05) is 1.37 Å². The molecular formula is C17H30O. The van der Waals surface area contributed by atoms with E-state index in [2.05, 4.69) is 13.0 Å². The number of rotatable bonds is 11. The van der Waals surface area contributed by atoms with Crippen molar-refractivity contribution in [1.82, 2.24) is 0 Å². The van der Waals surface area contributed by atoms with Crippen molar-refractivity contribution in [1.29, 1.82) is 0 Å². The predicted molar refractivity (Wildman–Crippen MR) is 79.6 cm³/mol. The van der Waals surface area contributed by atoms with Gasteiger partial charge in [0.15, 0.2) is 0 Å². The quantitative estimate of drug-likeness (QED) is 0.424. The summed E-state index contributed by atoms with van der Waals surface area (Å²) in [7, 11) is 0. The van der Waals surface area contributed by atoms with Gasteiger partial charge in [0.25, 0.3) is 0 Å². The van der Waals surface area contributed by atoms with Crippen LogP contribution in [-0.4, -0.2) is 6.10 Å². The molecule has 0 aromatic heterocycles. The van der Waals surface area contributed by atoms with Gasteiger partial charge in [-0.1, -0.05) is 70.8 Å². The molecular weight excluding hydrogens is 220 g/mol. The highest BCUT2D eigenvalue weighted by atomic mass is 16.5. The molecule has 0 bridgehead atoms. The molecule has 0 aliphatic carbocycles. The average Bonchev–Trinajstić information content (AvgIpc) is 2.45. The fourth-order valence-corrected chi connectivity index (χ4v) is 2.26. The van der Waals surface area contributed by atoms with Crippen molar-refractivity contribution in [3.8, 4) is 0 Å². The van der Waals surface area contributed by atoms with E-state index in [9.17, 15) is 0 Å². The lowest BCUT2D eigenvalue weighted by atomic mass is 10.0. The lowest BCUT2D eigenvalue weighted by molar-refractivity contribution is 0.170. The Morgan fingerprint density at radius 2 is 1.67 bits per heavy atom. The van der Waals surface area contributed by atoms with E-state index in [4.69, 9.17) is 6.11 Å². The number of unbranched alkanes of at least 4 members (excludes halogenated alkanes) is 6. The van der Waals surface area contributed by atoms with Gasteiger partial charge >= 0.3 is 0 Å². The summed E-state index contributed by atoms with van der Waals surface area (Å²) < 4.78 is 13.5. The Morgan fingerprint density at radius 3 is 2.33 bits per heavy atom. The molecule has 0 saturated heterocycles. The lowest BCUT2D eigenvalue weighted by Crippen LogP contribution is -2.07. The van der Waals surface area contributed by atoms with Crippen LogP contribution in [0.5, 0.6) is 0 Å². The van der Waals surface area contributed by atoms with Crippen LogP contribution >= 0.6 is 0 Å². The maximum Gasteiger partial charge on any atom is 0.116 e. The summed E-state index contributed by atoms with van der Waals surface area (Å²) in [5.41, 5.74) is 0. The van der Waals surface area contributed by atoms with Crippen molar-refractivity contribution in [3.05, 3.63) is 24.5 Å². The maximum absolute atomic E-state index is 8.04. The Bertz CT molecular complexity index is 260. The summed E-state index contributed by atoms with van der Waals surface area (Å²) in [6, 6.07) is 0. The molecule has 1 nitrogen and oxygen atoms in total. The molecule has 0 amide bonds. The Morgan fingerprint density at radius 1 is 0.944 bits per heavy atom. The Kier molecular flexibility index (Phi) is 8.66. The molecule has 2 atom stereocenters. The van der Waals surface area contributed by atoms with E-state index in [1.807, 2.05) is 12.2 Å². The van der Waals surface area contributed by atoms with Crippen LogP contribution in [0.2, 0.25) is 0 Å². The van der Waals surface area contributed by atoms with Crippen molar-refractivity contribution in [2.45, 2.75) is 83.6 Å². The van der Waals surface area contributed by atoms with Crippen molar-refractivity contribution in [2.75, 3.05) is 0 Å². The van der Waals surface area contributed by atoms with Crippen molar-refractivity contribution in [2.24, 2.45) is 0 Å². The molecule has 0 radical (unpaired) electrons. The number of hydrogen-bond acceptors (Lipinski definition) is 1. The van der Waals surface area contributed by atoms with Crippen LogP contribution in [0.1, 0.15) is 78.9 Å². The maximum atomic E-state index is 8.04. The summed E-state index contributed by atoms with van der Waals surface area (Å²) in [6.07, 6.45) is 20.4. The second kappa shape index (κ2) is 11.4. The first-order valence-corrected chi connectivity index (χ1v) is 7.74. The normalized spacial score (nSPS) is 20.5. The third-order valence-corrected chi connectivity index (χ3v) is 3.44.